The van der Waals surface area contributed by atoms with Gasteiger partial charge in [-0.3, -0.25) is 9.59 Å². The van der Waals surface area contributed by atoms with Crippen LogP contribution in [-0.4, -0.2) is 45.7 Å². The van der Waals surface area contributed by atoms with Crippen molar-refractivity contribution in [3.05, 3.63) is 92.7 Å². The van der Waals surface area contributed by atoms with Gasteiger partial charge >= 0.3 is 11.9 Å². The maximum atomic E-state index is 11.1. The van der Waals surface area contributed by atoms with Gasteiger partial charge in [-0.1, -0.05) is 23.2 Å². The third-order valence-electron chi connectivity index (χ3n) is 6.37. The number of carbonyl (C=O) groups is 2. The van der Waals surface area contributed by atoms with Gasteiger partial charge < -0.3 is 18.9 Å². The largest absolute Gasteiger partial charge is 0.497 e. The van der Waals surface area contributed by atoms with Gasteiger partial charge in [0.05, 0.1) is 46.7 Å². The van der Waals surface area contributed by atoms with E-state index in [-0.39, 0.29) is 11.9 Å². The summed E-state index contributed by atoms with van der Waals surface area (Å²) in [6.45, 7) is 2.74. The molecule has 0 atom stereocenters. The summed E-state index contributed by atoms with van der Waals surface area (Å²) in [6, 6.07) is 21.4. The summed E-state index contributed by atoms with van der Waals surface area (Å²) in [5, 5.41) is 11.8. The maximum Gasteiger partial charge on any atom is 0.308 e. The van der Waals surface area contributed by atoms with E-state index in [1.165, 1.54) is 13.8 Å². The van der Waals surface area contributed by atoms with Crippen LogP contribution in [0.1, 0.15) is 13.8 Å². The fraction of sp³-hybridized carbons (Fsp3) is 0.125. The van der Waals surface area contributed by atoms with Crippen molar-refractivity contribution < 1.29 is 28.5 Å². The second-order valence-corrected chi connectivity index (χ2v) is 11.3. The number of hydrogen-bond donors (Lipinski definition) is 0. The lowest BCUT2D eigenvalue weighted by Crippen LogP contribution is -2.01. The number of rotatable bonds is 6. The summed E-state index contributed by atoms with van der Waals surface area (Å²) in [6.07, 6.45) is 1.83. The molecule has 10 nitrogen and oxygen atoms in total. The number of fused-ring (bicyclic) bond motifs is 2. The van der Waals surface area contributed by atoms with E-state index in [4.69, 9.17) is 42.1 Å². The van der Waals surface area contributed by atoms with E-state index in [1.807, 2.05) is 36.5 Å². The first kappa shape index (κ1) is 32.1. The second kappa shape index (κ2) is 13.8. The van der Waals surface area contributed by atoms with E-state index in [0.717, 1.165) is 36.9 Å². The molecular weight excluding hydrogens is 734 g/mol. The molecule has 0 aliphatic carbocycles. The molecule has 0 spiro atoms. The molecule has 2 heterocycles. The standard InChI is InChI=1S/C16H12ClIN2O3.C16H13ClN2O3/c1-9(21)23-11-3-5-14-12(7-11)16(18)20(19-14)15-6-4-10(22-2)8-13(15)17;1-10(20)22-13-3-5-15-11(7-13)9-19(18-15)16-6-4-12(21-2)8-14(16)17/h3-8H,1-2H3;3-9H,1-2H3. The smallest absolute Gasteiger partial charge is 0.308 e. The van der Waals surface area contributed by atoms with Crippen LogP contribution in [0.5, 0.6) is 23.0 Å². The first-order valence-corrected chi connectivity index (χ1v) is 15.1. The van der Waals surface area contributed by atoms with Crippen LogP contribution in [-0.2, 0) is 9.59 Å². The highest BCUT2D eigenvalue weighted by Crippen LogP contribution is 2.32. The monoisotopic (exact) mass is 758 g/mol. The Morgan fingerprint density at radius 2 is 1.22 bits per heavy atom. The molecule has 0 radical (unpaired) electrons. The van der Waals surface area contributed by atoms with Gasteiger partial charge in [-0.05, 0) is 83.3 Å². The Morgan fingerprint density at radius 3 is 1.78 bits per heavy atom. The Balaban J connectivity index is 0.000000178. The molecule has 6 aromatic rings. The third kappa shape index (κ3) is 7.32. The highest BCUT2D eigenvalue weighted by atomic mass is 127. The van der Waals surface area contributed by atoms with Gasteiger partial charge in [0.1, 0.15) is 26.7 Å². The van der Waals surface area contributed by atoms with Crippen molar-refractivity contribution in [1.29, 1.82) is 0 Å². The molecule has 0 aliphatic heterocycles. The summed E-state index contributed by atoms with van der Waals surface area (Å²) >= 11 is 14.8. The molecule has 0 fully saturated rings. The van der Waals surface area contributed by atoms with Gasteiger partial charge in [0.25, 0.3) is 0 Å². The molecule has 0 bridgehead atoms. The number of esters is 2. The summed E-state index contributed by atoms with van der Waals surface area (Å²) in [4.78, 5) is 22.1. The number of nitrogens with zero attached hydrogens (tertiary/aromatic N) is 4. The van der Waals surface area contributed by atoms with Crippen LogP contribution in [0.4, 0.5) is 0 Å². The maximum absolute atomic E-state index is 11.1. The van der Waals surface area contributed by atoms with E-state index in [0.29, 0.717) is 33.0 Å². The minimum Gasteiger partial charge on any atom is -0.497 e. The van der Waals surface area contributed by atoms with E-state index >= 15 is 0 Å². The fourth-order valence-electron chi connectivity index (χ4n) is 4.37. The summed E-state index contributed by atoms with van der Waals surface area (Å²) in [5.74, 6) is 1.63. The summed E-state index contributed by atoms with van der Waals surface area (Å²) in [5.41, 5.74) is 3.06. The molecule has 0 N–H and O–H groups in total. The first-order chi connectivity index (χ1) is 21.6. The number of ether oxygens (including phenoxy) is 4. The van der Waals surface area contributed by atoms with E-state index in [9.17, 15) is 9.59 Å². The van der Waals surface area contributed by atoms with Crippen LogP contribution in [0.3, 0.4) is 0 Å². The molecule has 0 aliphatic rings. The number of halogens is 3. The Kier molecular flexibility index (Phi) is 9.80. The second-order valence-electron chi connectivity index (χ2n) is 9.50. The lowest BCUT2D eigenvalue weighted by atomic mass is 10.2. The molecule has 0 amide bonds. The Labute approximate surface area is 281 Å². The van der Waals surface area contributed by atoms with Gasteiger partial charge in [-0.15, -0.1) is 0 Å². The predicted molar refractivity (Wildman–Crippen MR) is 181 cm³/mol. The van der Waals surface area contributed by atoms with Crippen molar-refractivity contribution in [3.63, 3.8) is 0 Å². The average molecular weight is 759 g/mol. The molecule has 0 unspecified atom stereocenters. The molecular formula is C32H25Cl2IN4O6. The molecule has 0 saturated carbocycles. The Bertz CT molecular complexity index is 2060. The lowest BCUT2D eigenvalue weighted by molar-refractivity contribution is -0.132. The summed E-state index contributed by atoms with van der Waals surface area (Å²) in [7, 11) is 3.18. The number of methoxy groups -OCH3 is 2. The van der Waals surface area contributed by atoms with Crippen LogP contribution >= 0.6 is 45.8 Å². The lowest BCUT2D eigenvalue weighted by Gasteiger charge is -2.07. The highest BCUT2D eigenvalue weighted by Gasteiger charge is 2.15. The third-order valence-corrected chi connectivity index (χ3v) is 8.01. The van der Waals surface area contributed by atoms with Crippen LogP contribution < -0.4 is 18.9 Å². The molecule has 13 heteroatoms. The van der Waals surface area contributed by atoms with Crippen molar-refractivity contribution >= 4 is 79.5 Å². The quantitative estimate of drug-likeness (QED) is 0.0962. The number of aromatic nitrogens is 4. The molecule has 0 saturated heterocycles. The van der Waals surface area contributed by atoms with Crippen LogP contribution in [0, 0.1) is 3.70 Å². The molecule has 6 rings (SSSR count). The Morgan fingerprint density at radius 1 is 0.689 bits per heavy atom. The van der Waals surface area contributed by atoms with Crippen LogP contribution in [0.25, 0.3) is 33.2 Å². The van der Waals surface area contributed by atoms with Gasteiger partial charge in [0.2, 0.25) is 0 Å². The van der Waals surface area contributed by atoms with Gasteiger partial charge in [0.15, 0.2) is 0 Å². The average Bonchev–Trinajstić information content (AvgIpc) is 3.57. The zero-order chi connectivity index (χ0) is 32.2. The molecule has 4 aromatic carbocycles. The molecule has 230 valence electrons. The van der Waals surface area contributed by atoms with E-state index < -0.39 is 0 Å². The zero-order valence-electron chi connectivity index (χ0n) is 24.4. The van der Waals surface area contributed by atoms with Gasteiger partial charge in [0, 0.05) is 42.9 Å². The van der Waals surface area contributed by atoms with Crippen molar-refractivity contribution in [2.45, 2.75) is 13.8 Å². The fourth-order valence-corrected chi connectivity index (χ4v) is 5.67. The minimum atomic E-state index is -0.357. The van der Waals surface area contributed by atoms with E-state index in [2.05, 4.69) is 32.8 Å². The van der Waals surface area contributed by atoms with Gasteiger partial charge in [-0.25, -0.2) is 9.36 Å². The topological polar surface area (TPSA) is 107 Å². The van der Waals surface area contributed by atoms with Crippen LogP contribution in [0.2, 0.25) is 10.0 Å². The summed E-state index contributed by atoms with van der Waals surface area (Å²) < 4.78 is 24.8. The first-order valence-electron chi connectivity index (χ1n) is 13.3. The van der Waals surface area contributed by atoms with Crippen molar-refractivity contribution in [3.8, 4) is 34.4 Å². The zero-order valence-corrected chi connectivity index (χ0v) is 28.0. The minimum absolute atomic E-state index is 0.357. The SMILES string of the molecule is COc1ccc(-n2cc3cc(OC(C)=O)ccc3n2)c(Cl)c1.COc1ccc(-n2nc3ccc(OC(C)=O)cc3c2I)c(Cl)c1. The normalized spacial score (nSPS) is 10.7. The highest BCUT2D eigenvalue weighted by molar-refractivity contribution is 14.1. The molecule has 2 aromatic heterocycles. The van der Waals surface area contributed by atoms with Crippen molar-refractivity contribution in [1.82, 2.24) is 19.6 Å². The van der Waals surface area contributed by atoms with Crippen molar-refractivity contribution in [2.24, 2.45) is 0 Å². The molecule has 45 heavy (non-hydrogen) atoms. The number of carbonyl (C=O) groups excluding carboxylic acids is 2. The van der Waals surface area contributed by atoms with Crippen molar-refractivity contribution in [2.75, 3.05) is 14.2 Å². The Hall–Kier alpha value is -4.33. The number of benzene rings is 4. The van der Waals surface area contributed by atoms with Gasteiger partial charge in [-0.2, -0.15) is 10.2 Å². The predicted octanol–water partition coefficient (Wildman–Crippen LogP) is 7.83. The van der Waals surface area contributed by atoms with E-state index in [1.54, 1.807) is 66.0 Å². The van der Waals surface area contributed by atoms with Crippen LogP contribution in [0.15, 0.2) is 79.0 Å². The number of hydrogen-bond acceptors (Lipinski definition) is 8.